The van der Waals surface area contributed by atoms with E-state index in [1.807, 2.05) is 4.90 Å². The van der Waals surface area contributed by atoms with Crippen LogP contribution in [0.3, 0.4) is 0 Å². The number of hydrogen-bond acceptors (Lipinski definition) is 5. The molecule has 28 heavy (non-hydrogen) atoms. The lowest BCUT2D eigenvalue weighted by molar-refractivity contribution is -0.123. The Morgan fingerprint density at radius 1 is 1.14 bits per heavy atom. The Hall–Kier alpha value is -1.99. The fraction of sp³-hybridized carbons (Fsp3) is 0.600. The van der Waals surface area contributed by atoms with Gasteiger partial charge in [0.1, 0.15) is 11.5 Å². The van der Waals surface area contributed by atoms with Crippen molar-refractivity contribution in [2.24, 2.45) is 5.92 Å². The summed E-state index contributed by atoms with van der Waals surface area (Å²) in [5.41, 5.74) is 0.561. The molecule has 0 saturated carbocycles. The zero-order valence-electron chi connectivity index (χ0n) is 16.5. The van der Waals surface area contributed by atoms with Crippen LogP contribution in [-0.4, -0.2) is 63.2 Å². The van der Waals surface area contributed by atoms with Crippen LogP contribution in [0.2, 0.25) is 0 Å². The normalized spacial score (nSPS) is 21.6. The van der Waals surface area contributed by atoms with E-state index >= 15 is 0 Å². The highest BCUT2D eigenvalue weighted by molar-refractivity contribution is 5.95. The number of rotatable bonds is 6. The van der Waals surface area contributed by atoms with Crippen molar-refractivity contribution in [2.45, 2.75) is 31.7 Å². The third kappa shape index (κ3) is 5.52. The number of carbonyl (C=O) groups excluding carboxylic acids is 2. The van der Waals surface area contributed by atoms with E-state index in [4.69, 9.17) is 9.47 Å². The van der Waals surface area contributed by atoms with Gasteiger partial charge in [-0.2, -0.15) is 0 Å². The molecule has 0 aromatic heterocycles. The van der Waals surface area contributed by atoms with Crippen LogP contribution in [0.15, 0.2) is 18.2 Å². The van der Waals surface area contributed by atoms with Crippen LogP contribution < -0.4 is 20.1 Å². The van der Waals surface area contributed by atoms with Crippen molar-refractivity contribution in [3.8, 4) is 11.5 Å². The highest BCUT2D eigenvalue weighted by Crippen LogP contribution is 2.25. The first kappa shape index (κ1) is 22.3. The molecule has 156 valence electrons. The molecule has 2 aliphatic rings. The van der Waals surface area contributed by atoms with Crippen LogP contribution in [0.5, 0.6) is 11.5 Å². The molecule has 2 heterocycles. The van der Waals surface area contributed by atoms with Crippen molar-refractivity contribution in [2.75, 3.05) is 40.4 Å². The number of nitrogens with one attached hydrogen (secondary N) is 2. The Kier molecular flexibility index (Phi) is 8.38. The lowest BCUT2D eigenvalue weighted by atomic mass is 9.97. The molecule has 0 radical (unpaired) electrons. The average molecular weight is 412 g/mol. The molecule has 2 fully saturated rings. The minimum absolute atomic E-state index is 0. The Bertz CT molecular complexity index is 657. The summed E-state index contributed by atoms with van der Waals surface area (Å²) in [6.07, 6.45) is 3.91. The molecule has 2 amide bonds. The number of hydrogen-bond donors (Lipinski definition) is 2. The van der Waals surface area contributed by atoms with Gasteiger partial charge in [0.05, 0.1) is 20.3 Å². The number of piperidine rings is 1. The highest BCUT2D eigenvalue weighted by atomic mass is 35.5. The molecule has 1 aromatic carbocycles. The maximum Gasteiger partial charge on any atom is 0.254 e. The molecule has 0 bridgehead atoms. The summed E-state index contributed by atoms with van der Waals surface area (Å²) in [7, 11) is 3.14. The second-order valence-electron chi connectivity index (χ2n) is 7.25. The third-order valence-corrected chi connectivity index (χ3v) is 5.35. The van der Waals surface area contributed by atoms with E-state index in [-0.39, 0.29) is 36.2 Å². The Balaban J connectivity index is 0.00000280. The maximum atomic E-state index is 12.9. The van der Waals surface area contributed by atoms with Gasteiger partial charge >= 0.3 is 0 Å². The van der Waals surface area contributed by atoms with Crippen LogP contribution in [0, 0.1) is 5.92 Å². The number of halogens is 1. The number of nitrogens with zero attached hydrogens (tertiary/aromatic N) is 1. The molecule has 2 unspecified atom stereocenters. The minimum Gasteiger partial charge on any atom is -0.497 e. The lowest BCUT2D eigenvalue weighted by Crippen LogP contribution is -2.46. The molecule has 2 aliphatic heterocycles. The standard InChI is InChI=1S/C20H29N3O4.ClH/c1-26-16-9-15(10-17(11-16)27-2)20(25)23-8-4-5-14(13-23)12-22-19(24)18-6-3-7-21-18;/h9-11,14,18,21H,3-8,12-13H2,1-2H3,(H,22,24);1H. The number of carbonyl (C=O) groups is 2. The van der Waals surface area contributed by atoms with Crippen molar-refractivity contribution in [3.63, 3.8) is 0 Å². The minimum atomic E-state index is -0.0597. The van der Waals surface area contributed by atoms with Gasteiger partial charge in [0.2, 0.25) is 5.91 Å². The topological polar surface area (TPSA) is 79.9 Å². The number of likely N-dealkylation sites (tertiary alicyclic amines) is 1. The van der Waals surface area contributed by atoms with Gasteiger partial charge in [-0.15, -0.1) is 12.4 Å². The van der Waals surface area contributed by atoms with Gasteiger partial charge in [-0.1, -0.05) is 0 Å². The van der Waals surface area contributed by atoms with Crippen molar-refractivity contribution in [1.82, 2.24) is 15.5 Å². The van der Waals surface area contributed by atoms with Gasteiger partial charge < -0.3 is 25.0 Å². The first-order chi connectivity index (χ1) is 13.1. The summed E-state index contributed by atoms with van der Waals surface area (Å²) in [5, 5.41) is 6.26. The van der Waals surface area contributed by atoms with Crippen LogP contribution in [0.25, 0.3) is 0 Å². The van der Waals surface area contributed by atoms with Crippen molar-refractivity contribution >= 4 is 24.2 Å². The molecule has 8 heteroatoms. The SMILES string of the molecule is COc1cc(OC)cc(C(=O)N2CCCC(CNC(=O)C3CCCN3)C2)c1.Cl. The van der Waals surface area contributed by atoms with Gasteiger partial charge in [-0.05, 0) is 50.3 Å². The first-order valence-electron chi connectivity index (χ1n) is 9.64. The Morgan fingerprint density at radius 2 is 1.86 bits per heavy atom. The van der Waals surface area contributed by atoms with Gasteiger partial charge in [0, 0.05) is 31.3 Å². The second kappa shape index (κ2) is 10.5. The molecular formula is C20H30ClN3O4. The van der Waals surface area contributed by atoms with E-state index in [0.717, 1.165) is 38.8 Å². The van der Waals surface area contributed by atoms with E-state index in [1.165, 1.54) is 0 Å². The third-order valence-electron chi connectivity index (χ3n) is 5.35. The zero-order chi connectivity index (χ0) is 19.2. The molecule has 3 rings (SSSR count). The van der Waals surface area contributed by atoms with Crippen LogP contribution in [0.1, 0.15) is 36.0 Å². The molecule has 0 spiro atoms. The van der Waals surface area contributed by atoms with E-state index in [1.54, 1.807) is 32.4 Å². The fourth-order valence-corrected chi connectivity index (χ4v) is 3.81. The van der Waals surface area contributed by atoms with E-state index in [9.17, 15) is 9.59 Å². The van der Waals surface area contributed by atoms with Crippen LogP contribution in [-0.2, 0) is 4.79 Å². The first-order valence-corrected chi connectivity index (χ1v) is 9.64. The molecule has 1 aromatic rings. The molecule has 2 saturated heterocycles. The predicted molar refractivity (Wildman–Crippen MR) is 109 cm³/mol. The zero-order valence-corrected chi connectivity index (χ0v) is 17.3. The molecule has 2 N–H and O–H groups in total. The van der Waals surface area contributed by atoms with E-state index in [2.05, 4.69) is 10.6 Å². The summed E-state index contributed by atoms with van der Waals surface area (Å²) >= 11 is 0. The van der Waals surface area contributed by atoms with Gasteiger partial charge in [0.25, 0.3) is 5.91 Å². The molecule has 0 aliphatic carbocycles. The summed E-state index contributed by atoms with van der Waals surface area (Å²) in [6.45, 7) is 2.90. The second-order valence-corrected chi connectivity index (χ2v) is 7.25. The largest absolute Gasteiger partial charge is 0.497 e. The number of amides is 2. The average Bonchev–Trinajstić information content (AvgIpc) is 3.26. The predicted octanol–water partition coefficient (Wildman–Crippen LogP) is 1.85. The van der Waals surface area contributed by atoms with E-state index < -0.39 is 0 Å². The molecule has 7 nitrogen and oxygen atoms in total. The summed E-state index contributed by atoms with van der Waals surface area (Å²) in [5.74, 6) is 1.53. The quantitative estimate of drug-likeness (QED) is 0.746. The Morgan fingerprint density at radius 3 is 2.46 bits per heavy atom. The molecular weight excluding hydrogens is 382 g/mol. The maximum absolute atomic E-state index is 12.9. The summed E-state index contributed by atoms with van der Waals surface area (Å²) < 4.78 is 10.5. The summed E-state index contributed by atoms with van der Waals surface area (Å²) in [6, 6.07) is 5.17. The Labute approximate surface area is 172 Å². The fourth-order valence-electron chi connectivity index (χ4n) is 3.81. The van der Waals surface area contributed by atoms with E-state index in [0.29, 0.717) is 30.2 Å². The van der Waals surface area contributed by atoms with Crippen molar-refractivity contribution in [1.29, 1.82) is 0 Å². The number of ether oxygens (including phenoxy) is 2. The van der Waals surface area contributed by atoms with Crippen LogP contribution in [0.4, 0.5) is 0 Å². The highest BCUT2D eigenvalue weighted by Gasteiger charge is 2.27. The van der Waals surface area contributed by atoms with Crippen molar-refractivity contribution in [3.05, 3.63) is 23.8 Å². The van der Waals surface area contributed by atoms with Crippen molar-refractivity contribution < 1.29 is 19.1 Å². The van der Waals surface area contributed by atoms with Crippen LogP contribution >= 0.6 is 12.4 Å². The lowest BCUT2D eigenvalue weighted by Gasteiger charge is -2.33. The molecule has 2 atom stereocenters. The number of methoxy groups -OCH3 is 2. The monoisotopic (exact) mass is 411 g/mol. The number of benzene rings is 1. The van der Waals surface area contributed by atoms with Gasteiger partial charge in [-0.25, -0.2) is 0 Å². The summed E-state index contributed by atoms with van der Waals surface area (Å²) in [4.78, 5) is 27.0. The van der Waals surface area contributed by atoms with Gasteiger partial charge in [0.15, 0.2) is 0 Å². The smallest absolute Gasteiger partial charge is 0.254 e. The van der Waals surface area contributed by atoms with Gasteiger partial charge in [-0.3, -0.25) is 9.59 Å².